The fourth-order valence-corrected chi connectivity index (χ4v) is 0.604. The van der Waals surface area contributed by atoms with Crippen LogP contribution in [0.5, 0.6) is 0 Å². The first-order valence-corrected chi connectivity index (χ1v) is 5.35. The van der Waals surface area contributed by atoms with E-state index >= 15 is 0 Å². The van der Waals surface area contributed by atoms with Crippen LogP contribution in [0, 0.1) is 0 Å². The molecular formula is C6H18N2O4S. The molecule has 7 heteroatoms. The van der Waals surface area contributed by atoms with E-state index in [-0.39, 0.29) is 0 Å². The number of likely N-dealkylation sites (N-methyl/N-ethyl adjacent to an activating group) is 1. The van der Waals surface area contributed by atoms with Crippen LogP contribution in [0.25, 0.3) is 0 Å². The summed E-state index contributed by atoms with van der Waals surface area (Å²) in [4.78, 5) is 2.06. The van der Waals surface area contributed by atoms with E-state index in [0.29, 0.717) is 0 Å². The van der Waals surface area contributed by atoms with Crippen LogP contribution in [0.3, 0.4) is 0 Å². The second-order valence-electron chi connectivity index (χ2n) is 2.60. The summed E-state index contributed by atoms with van der Waals surface area (Å²) in [5, 5.41) is 7.86. The minimum atomic E-state index is -3.92. The molecule has 6 nitrogen and oxygen atoms in total. The molecule has 0 aliphatic rings. The lowest BCUT2D eigenvalue weighted by atomic mass is 10.6. The van der Waals surface area contributed by atoms with Crippen LogP contribution < -0.4 is 5.73 Å². The normalized spacial score (nSPS) is 10.9. The van der Waals surface area contributed by atoms with Gasteiger partial charge in [0.1, 0.15) is 0 Å². The zero-order valence-electron chi connectivity index (χ0n) is 7.97. The lowest BCUT2D eigenvalue weighted by molar-refractivity contribution is 0.315. The molecule has 0 aromatic heterocycles. The molecular weight excluding hydrogens is 196 g/mol. The van der Waals surface area contributed by atoms with Crippen molar-refractivity contribution in [2.24, 2.45) is 5.73 Å². The van der Waals surface area contributed by atoms with Crippen LogP contribution in [0.15, 0.2) is 0 Å². The van der Waals surface area contributed by atoms with E-state index in [9.17, 15) is 8.42 Å². The van der Waals surface area contributed by atoms with Crippen molar-refractivity contribution in [2.45, 2.75) is 0 Å². The molecule has 4 N–H and O–H groups in total. The highest BCUT2D eigenvalue weighted by atomic mass is 32.2. The largest absolute Gasteiger partial charge is 0.395 e. The molecule has 0 atom stereocenters. The van der Waals surface area contributed by atoms with Crippen molar-refractivity contribution >= 4 is 10.1 Å². The number of hydrogen-bond acceptors (Lipinski definition) is 5. The molecule has 0 saturated heterocycles. The SMILES string of the molecule is CN(C)CCN.O=S(=O)(O)CCO. The second kappa shape index (κ2) is 8.39. The van der Waals surface area contributed by atoms with Gasteiger partial charge in [-0.25, -0.2) is 0 Å². The van der Waals surface area contributed by atoms with Gasteiger partial charge in [0.25, 0.3) is 10.1 Å². The van der Waals surface area contributed by atoms with Crippen molar-refractivity contribution < 1.29 is 18.1 Å². The van der Waals surface area contributed by atoms with Crippen LogP contribution >= 0.6 is 0 Å². The van der Waals surface area contributed by atoms with Gasteiger partial charge < -0.3 is 15.7 Å². The van der Waals surface area contributed by atoms with Gasteiger partial charge in [0.05, 0.1) is 12.4 Å². The van der Waals surface area contributed by atoms with E-state index in [1.807, 2.05) is 14.1 Å². The number of hydrogen-bond donors (Lipinski definition) is 3. The highest BCUT2D eigenvalue weighted by Gasteiger charge is 1.99. The van der Waals surface area contributed by atoms with Crippen molar-refractivity contribution in [3.63, 3.8) is 0 Å². The summed E-state index contributed by atoms with van der Waals surface area (Å²) in [6, 6.07) is 0. The minimum absolute atomic E-state index is 0.529. The Labute approximate surface area is 79.1 Å². The van der Waals surface area contributed by atoms with E-state index in [4.69, 9.17) is 15.4 Å². The van der Waals surface area contributed by atoms with Gasteiger partial charge in [-0.05, 0) is 14.1 Å². The number of aliphatic hydroxyl groups excluding tert-OH is 1. The summed E-state index contributed by atoms with van der Waals surface area (Å²) in [5.74, 6) is -0.576. The average Bonchev–Trinajstić information content (AvgIpc) is 1.84. The molecule has 82 valence electrons. The molecule has 0 rings (SSSR count). The Morgan fingerprint density at radius 3 is 1.85 bits per heavy atom. The molecule has 0 fully saturated rings. The molecule has 13 heavy (non-hydrogen) atoms. The second-order valence-corrected chi connectivity index (χ2v) is 4.17. The molecule has 0 spiro atoms. The number of nitrogens with two attached hydrogens (primary N) is 1. The van der Waals surface area contributed by atoms with Crippen molar-refractivity contribution in [3.05, 3.63) is 0 Å². The summed E-state index contributed by atoms with van der Waals surface area (Å²) in [6.45, 7) is 1.21. The first-order valence-electron chi connectivity index (χ1n) is 3.74. The zero-order chi connectivity index (χ0) is 10.9. The Balaban J connectivity index is 0. The van der Waals surface area contributed by atoms with E-state index in [0.717, 1.165) is 13.1 Å². The van der Waals surface area contributed by atoms with E-state index in [2.05, 4.69) is 4.90 Å². The molecule has 0 radical (unpaired) electrons. The summed E-state index contributed by atoms with van der Waals surface area (Å²) in [5.41, 5.74) is 5.19. The molecule has 0 heterocycles. The molecule has 0 aliphatic carbocycles. The number of nitrogens with zero attached hydrogens (tertiary/aromatic N) is 1. The average molecular weight is 214 g/mol. The summed E-state index contributed by atoms with van der Waals surface area (Å²) in [7, 11) is 0.0894. The van der Waals surface area contributed by atoms with Gasteiger partial charge in [0.2, 0.25) is 0 Å². The predicted molar refractivity (Wildman–Crippen MR) is 51.1 cm³/mol. The highest BCUT2D eigenvalue weighted by molar-refractivity contribution is 7.85. The fourth-order valence-electron chi connectivity index (χ4n) is 0.374. The number of rotatable bonds is 4. The third-order valence-electron chi connectivity index (χ3n) is 0.926. The Kier molecular flexibility index (Phi) is 9.86. The maximum Gasteiger partial charge on any atom is 0.267 e. The third-order valence-corrected chi connectivity index (χ3v) is 1.62. The lowest BCUT2D eigenvalue weighted by Crippen LogP contribution is -2.20. The summed E-state index contributed by atoms with van der Waals surface area (Å²) in [6.07, 6.45) is 0. The topological polar surface area (TPSA) is 104 Å². The highest BCUT2D eigenvalue weighted by Crippen LogP contribution is 1.76. The maximum atomic E-state index is 9.63. The molecule has 0 amide bonds. The van der Waals surface area contributed by atoms with Crippen molar-refractivity contribution in [3.8, 4) is 0 Å². The monoisotopic (exact) mass is 214 g/mol. The van der Waals surface area contributed by atoms with Crippen LogP contribution in [0.4, 0.5) is 0 Å². The Bertz CT molecular complexity index is 191. The molecule has 0 bridgehead atoms. The van der Waals surface area contributed by atoms with E-state index in [1.54, 1.807) is 0 Å². The lowest BCUT2D eigenvalue weighted by Gasteiger charge is -2.03. The van der Waals surface area contributed by atoms with Gasteiger partial charge in [0, 0.05) is 13.1 Å². The first kappa shape index (κ1) is 15.3. The van der Waals surface area contributed by atoms with Gasteiger partial charge >= 0.3 is 0 Å². The van der Waals surface area contributed by atoms with Gasteiger partial charge in [-0.2, -0.15) is 8.42 Å². The van der Waals surface area contributed by atoms with Crippen LogP contribution in [-0.4, -0.2) is 62.5 Å². The fraction of sp³-hybridized carbons (Fsp3) is 1.00. The first-order chi connectivity index (χ1) is 5.83. The standard InChI is InChI=1S/C4H12N2.C2H6O4S/c1-6(2)4-3-5;3-1-2-7(4,5)6/h3-5H2,1-2H3;3H,1-2H2,(H,4,5,6). The summed E-state index contributed by atoms with van der Waals surface area (Å²) < 4.78 is 27.1. The van der Waals surface area contributed by atoms with Crippen molar-refractivity contribution in [2.75, 3.05) is 39.5 Å². The smallest absolute Gasteiger partial charge is 0.267 e. The molecule has 0 unspecified atom stereocenters. The van der Waals surface area contributed by atoms with E-state index < -0.39 is 22.5 Å². The zero-order valence-corrected chi connectivity index (χ0v) is 8.79. The Morgan fingerprint density at radius 2 is 1.85 bits per heavy atom. The summed E-state index contributed by atoms with van der Waals surface area (Å²) >= 11 is 0. The van der Waals surface area contributed by atoms with Gasteiger partial charge in [-0.3, -0.25) is 4.55 Å². The predicted octanol–water partition coefficient (Wildman–Crippen LogP) is -1.63. The van der Waals surface area contributed by atoms with Gasteiger partial charge in [0.15, 0.2) is 0 Å². The number of aliphatic hydroxyl groups is 1. The third kappa shape index (κ3) is 24.5. The molecule has 0 aliphatic heterocycles. The molecule has 0 aromatic rings. The van der Waals surface area contributed by atoms with E-state index in [1.165, 1.54) is 0 Å². The van der Waals surface area contributed by atoms with Gasteiger partial charge in [-0.1, -0.05) is 0 Å². The van der Waals surface area contributed by atoms with Crippen LogP contribution in [0.1, 0.15) is 0 Å². The van der Waals surface area contributed by atoms with Gasteiger partial charge in [-0.15, -0.1) is 0 Å². The maximum absolute atomic E-state index is 9.63. The minimum Gasteiger partial charge on any atom is -0.395 e. The van der Waals surface area contributed by atoms with Crippen molar-refractivity contribution in [1.29, 1.82) is 0 Å². The quantitative estimate of drug-likeness (QED) is 0.486. The van der Waals surface area contributed by atoms with Crippen molar-refractivity contribution in [1.82, 2.24) is 4.90 Å². The molecule has 0 saturated carbocycles. The molecule has 0 aromatic carbocycles. The van der Waals surface area contributed by atoms with Crippen LogP contribution in [-0.2, 0) is 10.1 Å². The Morgan fingerprint density at radius 1 is 1.38 bits per heavy atom. The Hall–Kier alpha value is -0.210. The van der Waals surface area contributed by atoms with Crippen LogP contribution in [0.2, 0.25) is 0 Å².